The summed E-state index contributed by atoms with van der Waals surface area (Å²) in [6.45, 7) is 4.47. The maximum absolute atomic E-state index is 14.0. The van der Waals surface area contributed by atoms with Gasteiger partial charge in [-0.25, -0.2) is 9.50 Å². The Balaban J connectivity index is 1.17. The highest BCUT2D eigenvalue weighted by Crippen LogP contribution is 2.34. The number of alkyl halides is 3. The number of halogens is 3. The van der Waals surface area contributed by atoms with E-state index in [2.05, 4.69) is 42.0 Å². The number of rotatable bonds is 5. The van der Waals surface area contributed by atoms with Crippen molar-refractivity contribution in [1.29, 1.82) is 0 Å². The third kappa shape index (κ3) is 7.39. The van der Waals surface area contributed by atoms with Crippen molar-refractivity contribution in [3.8, 4) is 11.8 Å². The Morgan fingerprint density at radius 1 is 1.00 bits per heavy atom. The first kappa shape index (κ1) is 30.8. The van der Waals surface area contributed by atoms with E-state index in [1.54, 1.807) is 10.7 Å². The maximum Gasteiger partial charge on any atom is 0.416 e. The fourth-order valence-corrected chi connectivity index (χ4v) is 6.31. The molecule has 2 aliphatic heterocycles. The van der Waals surface area contributed by atoms with E-state index in [-0.39, 0.29) is 23.4 Å². The number of imidazole rings is 1. The summed E-state index contributed by atoms with van der Waals surface area (Å²) < 4.78 is 55.4. The molecule has 2 aliphatic rings. The van der Waals surface area contributed by atoms with Crippen molar-refractivity contribution in [3.63, 3.8) is 0 Å². The quantitative estimate of drug-likeness (QED) is 0.263. The van der Waals surface area contributed by atoms with E-state index >= 15 is 0 Å². The number of nitrogens with zero attached hydrogens (tertiary/aromatic N) is 7. The van der Waals surface area contributed by atoms with Gasteiger partial charge < -0.3 is 19.7 Å². The summed E-state index contributed by atoms with van der Waals surface area (Å²) in [6.07, 6.45) is -0.142. The van der Waals surface area contributed by atoms with Gasteiger partial charge in [-0.3, -0.25) is 14.7 Å². The molecular formula is C31H31F3N8O2S. The maximum atomic E-state index is 14.0. The highest BCUT2D eigenvalue weighted by Gasteiger charge is 2.34. The van der Waals surface area contributed by atoms with Crippen molar-refractivity contribution < 1.29 is 22.5 Å². The average molecular weight is 637 g/mol. The Kier molecular flexibility index (Phi) is 8.95. The van der Waals surface area contributed by atoms with E-state index in [9.17, 15) is 22.5 Å². The van der Waals surface area contributed by atoms with Crippen LogP contribution in [0.4, 0.5) is 24.7 Å². The van der Waals surface area contributed by atoms with Gasteiger partial charge in [0.15, 0.2) is 5.65 Å². The van der Waals surface area contributed by atoms with Crippen LogP contribution in [0.1, 0.15) is 32.7 Å². The molecule has 3 aromatic heterocycles. The summed E-state index contributed by atoms with van der Waals surface area (Å²) in [7, 11) is 1.99. The number of benzene rings is 1. The molecule has 1 aromatic carbocycles. The van der Waals surface area contributed by atoms with Gasteiger partial charge in [0.05, 0.1) is 30.4 Å². The molecule has 10 nitrogen and oxygen atoms in total. The van der Waals surface area contributed by atoms with E-state index in [4.69, 9.17) is 0 Å². The van der Waals surface area contributed by atoms with Crippen molar-refractivity contribution >= 4 is 34.2 Å². The second kappa shape index (κ2) is 13.1. The van der Waals surface area contributed by atoms with Crippen LogP contribution in [0.25, 0.3) is 5.65 Å². The number of carbonyl (C=O) groups is 1. The van der Waals surface area contributed by atoms with Gasteiger partial charge in [-0.2, -0.15) is 13.2 Å². The highest BCUT2D eigenvalue weighted by atomic mass is 32.2. The van der Waals surface area contributed by atoms with Crippen LogP contribution < -0.4 is 10.2 Å². The third-order valence-electron chi connectivity index (χ3n) is 7.85. The van der Waals surface area contributed by atoms with Gasteiger partial charge in [-0.05, 0) is 48.9 Å². The number of anilines is 2. The van der Waals surface area contributed by atoms with Crippen LogP contribution in [0, 0.1) is 11.8 Å². The molecule has 14 heteroatoms. The molecule has 5 heterocycles. The summed E-state index contributed by atoms with van der Waals surface area (Å²) >= 11 is -0.801. The van der Waals surface area contributed by atoms with Gasteiger partial charge in [0.1, 0.15) is 23.0 Å². The van der Waals surface area contributed by atoms with Gasteiger partial charge in [-0.1, -0.05) is 23.2 Å². The van der Waals surface area contributed by atoms with Gasteiger partial charge in [0, 0.05) is 56.4 Å². The number of likely N-dealkylation sites (N-methyl/N-ethyl adjacent to an activating group) is 1. The number of amides is 1. The first-order valence-corrected chi connectivity index (χ1v) is 16.0. The van der Waals surface area contributed by atoms with Gasteiger partial charge in [0.2, 0.25) is 0 Å². The zero-order valence-electron chi connectivity index (χ0n) is 24.5. The fourth-order valence-electron chi connectivity index (χ4n) is 5.26. The standard InChI is InChI=1S/C31H31F3N8O2S/c1-39-8-10-40(11-9-39)21-23-3-4-25(17-27(23)31(32,33)34)37-30(43)24-16-22(18-35-19-24)2-5-26-20-36-28-6-7-29(38-42(26)28)41-12-14-45(44)15-13-41/h3-4,6-7,16-20H,8-15,21H2,1H3,(H,37,43). The molecule has 2 fully saturated rings. The van der Waals surface area contributed by atoms with Crippen LogP contribution in [-0.2, 0) is 23.9 Å². The Bertz CT molecular complexity index is 1750. The molecule has 2 saturated heterocycles. The Morgan fingerprint density at radius 2 is 1.78 bits per heavy atom. The van der Waals surface area contributed by atoms with Gasteiger partial charge in [-0.15, -0.1) is 5.10 Å². The monoisotopic (exact) mass is 636 g/mol. The molecule has 0 radical (unpaired) electrons. The summed E-state index contributed by atoms with van der Waals surface area (Å²) in [6, 6.07) is 9.14. The number of fused-ring (bicyclic) bond motifs is 1. The summed E-state index contributed by atoms with van der Waals surface area (Å²) in [5, 5.41) is 7.24. The minimum absolute atomic E-state index is 0.0403. The van der Waals surface area contributed by atoms with E-state index in [0.29, 0.717) is 54.6 Å². The Hall–Kier alpha value is -4.16. The van der Waals surface area contributed by atoms with Crippen molar-refractivity contribution in [2.45, 2.75) is 12.7 Å². The number of piperazine rings is 1. The SMILES string of the molecule is CN1CCN(Cc2ccc(NC(=O)c3cncc(C#Cc4cnc5ccc(N6CC[S+]([O-])CC6)nn45)c3)cc2C(F)(F)F)CC1. The number of hydrogen-bond donors (Lipinski definition) is 1. The molecule has 6 rings (SSSR count). The lowest BCUT2D eigenvalue weighted by Crippen LogP contribution is -2.44. The normalized spacial score (nSPS) is 16.9. The molecule has 0 unspecified atom stereocenters. The summed E-state index contributed by atoms with van der Waals surface area (Å²) in [4.78, 5) is 27.7. The molecule has 0 aliphatic carbocycles. The smallest absolute Gasteiger partial charge is 0.416 e. The average Bonchev–Trinajstić information content (AvgIpc) is 3.44. The third-order valence-corrected chi connectivity index (χ3v) is 9.12. The van der Waals surface area contributed by atoms with Crippen LogP contribution in [0.2, 0.25) is 0 Å². The Morgan fingerprint density at radius 3 is 2.53 bits per heavy atom. The first-order chi connectivity index (χ1) is 21.6. The molecule has 4 aromatic rings. The zero-order chi connectivity index (χ0) is 31.6. The Labute approximate surface area is 261 Å². The first-order valence-electron chi connectivity index (χ1n) is 14.5. The molecular weight excluding hydrogens is 605 g/mol. The van der Waals surface area contributed by atoms with Crippen LogP contribution in [0.5, 0.6) is 0 Å². The zero-order valence-corrected chi connectivity index (χ0v) is 25.4. The number of hydrogen-bond acceptors (Lipinski definition) is 8. The van der Waals surface area contributed by atoms with Crippen molar-refractivity contribution in [1.82, 2.24) is 29.4 Å². The minimum Gasteiger partial charge on any atom is -0.616 e. The topological polar surface area (TPSA) is 105 Å². The predicted octanol–water partition coefficient (Wildman–Crippen LogP) is 3.11. The van der Waals surface area contributed by atoms with Crippen LogP contribution in [0.15, 0.2) is 55.0 Å². The van der Waals surface area contributed by atoms with E-state index < -0.39 is 28.8 Å². The van der Waals surface area contributed by atoms with E-state index in [1.165, 1.54) is 30.6 Å². The molecule has 0 bridgehead atoms. The molecule has 0 spiro atoms. The highest BCUT2D eigenvalue weighted by molar-refractivity contribution is 7.91. The van der Waals surface area contributed by atoms with Crippen LogP contribution in [-0.4, -0.2) is 97.7 Å². The van der Waals surface area contributed by atoms with Crippen LogP contribution in [0.3, 0.4) is 0 Å². The lowest BCUT2D eigenvalue weighted by Gasteiger charge is -2.33. The number of nitrogens with one attached hydrogen (secondary N) is 1. The molecule has 0 saturated carbocycles. The van der Waals surface area contributed by atoms with Crippen molar-refractivity contribution in [3.05, 3.63) is 82.9 Å². The van der Waals surface area contributed by atoms with Crippen LogP contribution >= 0.6 is 0 Å². The summed E-state index contributed by atoms with van der Waals surface area (Å²) in [5.41, 5.74) is 1.17. The largest absolute Gasteiger partial charge is 0.616 e. The van der Waals surface area contributed by atoms with Crippen molar-refractivity contribution in [2.24, 2.45) is 0 Å². The van der Waals surface area contributed by atoms with Gasteiger partial charge in [0.25, 0.3) is 5.91 Å². The lowest BCUT2D eigenvalue weighted by atomic mass is 10.0. The molecule has 234 valence electrons. The second-order valence-electron chi connectivity index (χ2n) is 11.1. The fraction of sp³-hybridized carbons (Fsp3) is 0.355. The van der Waals surface area contributed by atoms with Crippen molar-refractivity contribution in [2.75, 3.05) is 68.0 Å². The molecule has 1 N–H and O–H groups in total. The molecule has 1 amide bonds. The minimum atomic E-state index is -4.57. The molecule has 45 heavy (non-hydrogen) atoms. The number of carbonyl (C=O) groups excluding carboxylic acids is 1. The second-order valence-corrected chi connectivity index (χ2v) is 12.8. The van der Waals surface area contributed by atoms with Gasteiger partial charge >= 0.3 is 6.18 Å². The number of pyridine rings is 1. The van der Waals surface area contributed by atoms with E-state index in [0.717, 1.165) is 25.0 Å². The van der Waals surface area contributed by atoms with E-state index in [1.807, 2.05) is 24.1 Å². The summed E-state index contributed by atoms with van der Waals surface area (Å²) in [5.74, 6) is 7.33. The predicted molar refractivity (Wildman–Crippen MR) is 165 cm³/mol. The number of aromatic nitrogens is 4. The molecule has 0 atom stereocenters. The lowest BCUT2D eigenvalue weighted by molar-refractivity contribution is -0.138.